The predicted octanol–water partition coefficient (Wildman–Crippen LogP) is 1.99. The molecule has 1 aliphatic heterocycles. The quantitative estimate of drug-likeness (QED) is 0.927. The van der Waals surface area contributed by atoms with Crippen LogP contribution in [0.15, 0.2) is 24.4 Å². The molecule has 1 saturated heterocycles. The molecular weight excluding hydrogens is 312 g/mol. The number of sulfonamides is 1. The lowest BCUT2D eigenvalue weighted by Gasteiger charge is -2.30. The van der Waals surface area contributed by atoms with E-state index in [-0.39, 0.29) is 0 Å². The number of nitrogens with zero attached hydrogens (tertiary/aromatic N) is 3. The molecule has 2 aromatic heterocycles. The first kappa shape index (κ1) is 16.1. The first-order valence-corrected chi connectivity index (χ1v) is 9.69. The van der Waals surface area contributed by atoms with E-state index in [4.69, 9.17) is 0 Å². The Morgan fingerprint density at radius 3 is 2.78 bits per heavy atom. The maximum absolute atomic E-state index is 11.7. The van der Waals surface area contributed by atoms with E-state index in [1.165, 1.54) is 6.26 Å². The first-order chi connectivity index (χ1) is 10.9. The highest BCUT2D eigenvalue weighted by atomic mass is 32.2. The highest BCUT2D eigenvalue weighted by molar-refractivity contribution is 7.88. The largest absolute Gasteiger partial charge is 0.282 e. The van der Waals surface area contributed by atoms with Crippen LogP contribution in [0, 0.1) is 12.8 Å². The molecule has 0 spiro atoms. The molecule has 1 atom stereocenters. The van der Waals surface area contributed by atoms with E-state index < -0.39 is 10.0 Å². The molecule has 0 radical (unpaired) electrons. The summed E-state index contributed by atoms with van der Waals surface area (Å²) in [5.41, 5.74) is 3.84. The number of hydrogen-bond acceptors (Lipinski definition) is 4. The third-order valence-corrected chi connectivity index (χ3v) is 5.54. The standard InChI is InChI=1S/C16H22N4O2S/c1-12-8-16(19-18-12)15-6-5-13(10-17-15)9-14-4-3-7-20(11-14)23(2,21)22/h5-6,8,10,14H,3-4,7,9,11H2,1-2H3,(H,18,19). The van der Waals surface area contributed by atoms with Gasteiger partial charge in [0.15, 0.2) is 0 Å². The summed E-state index contributed by atoms with van der Waals surface area (Å²) in [5, 5.41) is 7.12. The highest BCUT2D eigenvalue weighted by Crippen LogP contribution is 2.23. The Labute approximate surface area is 137 Å². The van der Waals surface area contributed by atoms with Gasteiger partial charge in [0.2, 0.25) is 10.0 Å². The molecule has 0 amide bonds. The monoisotopic (exact) mass is 334 g/mol. The fourth-order valence-corrected chi connectivity index (χ4v) is 4.02. The van der Waals surface area contributed by atoms with Crippen molar-refractivity contribution in [2.45, 2.75) is 26.2 Å². The van der Waals surface area contributed by atoms with Crippen LogP contribution in [-0.4, -0.2) is 47.2 Å². The molecular formula is C16H22N4O2S. The third-order valence-electron chi connectivity index (χ3n) is 4.27. The van der Waals surface area contributed by atoms with Gasteiger partial charge in [-0.25, -0.2) is 12.7 Å². The molecule has 1 fully saturated rings. The van der Waals surface area contributed by atoms with Crippen molar-refractivity contribution in [3.8, 4) is 11.4 Å². The number of hydrogen-bond donors (Lipinski definition) is 1. The maximum atomic E-state index is 11.7. The van der Waals surface area contributed by atoms with Crippen molar-refractivity contribution in [2.75, 3.05) is 19.3 Å². The maximum Gasteiger partial charge on any atom is 0.211 e. The highest BCUT2D eigenvalue weighted by Gasteiger charge is 2.25. The van der Waals surface area contributed by atoms with Crippen molar-refractivity contribution < 1.29 is 8.42 Å². The fraction of sp³-hybridized carbons (Fsp3) is 0.500. The van der Waals surface area contributed by atoms with Crippen molar-refractivity contribution in [1.82, 2.24) is 19.5 Å². The van der Waals surface area contributed by atoms with Crippen LogP contribution in [0.5, 0.6) is 0 Å². The molecule has 6 nitrogen and oxygen atoms in total. The van der Waals surface area contributed by atoms with Crippen LogP contribution in [-0.2, 0) is 16.4 Å². The van der Waals surface area contributed by atoms with Gasteiger partial charge in [-0.2, -0.15) is 5.10 Å². The van der Waals surface area contributed by atoms with E-state index in [9.17, 15) is 8.42 Å². The molecule has 0 aromatic carbocycles. The number of aromatic nitrogens is 3. The smallest absolute Gasteiger partial charge is 0.211 e. The summed E-state index contributed by atoms with van der Waals surface area (Å²) in [6.45, 7) is 3.21. The molecule has 2 aromatic rings. The number of aryl methyl sites for hydroxylation is 1. The van der Waals surface area contributed by atoms with Crippen molar-refractivity contribution >= 4 is 10.0 Å². The van der Waals surface area contributed by atoms with Crippen molar-refractivity contribution in [3.63, 3.8) is 0 Å². The second-order valence-corrected chi connectivity index (χ2v) is 8.30. The Bertz CT molecular complexity index is 768. The van der Waals surface area contributed by atoms with Gasteiger partial charge in [-0.1, -0.05) is 6.07 Å². The topological polar surface area (TPSA) is 79.0 Å². The van der Waals surface area contributed by atoms with Gasteiger partial charge in [0.25, 0.3) is 0 Å². The van der Waals surface area contributed by atoms with Crippen molar-refractivity contribution in [3.05, 3.63) is 35.7 Å². The van der Waals surface area contributed by atoms with Gasteiger partial charge in [0, 0.05) is 25.0 Å². The van der Waals surface area contributed by atoms with Crippen LogP contribution in [0.25, 0.3) is 11.4 Å². The average Bonchev–Trinajstić information content (AvgIpc) is 2.94. The molecule has 0 aliphatic carbocycles. The van der Waals surface area contributed by atoms with Gasteiger partial charge in [-0.15, -0.1) is 0 Å². The summed E-state index contributed by atoms with van der Waals surface area (Å²) < 4.78 is 25.0. The van der Waals surface area contributed by atoms with Crippen LogP contribution in [0.2, 0.25) is 0 Å². The summed E-state index contributed by atoms with van der Waals surface area (Å²) >= 11 is 0. The van der Waals surface area contributed by atoms with E-state index in [1.54, 1.807) is 4.31 Å². The normalized spacial score (nSPS) is 19.8. The van der Waals surface area contributed by atoms with E-state index in [0.717, 1.165) is 41.9 Å². The van der Waals surface area contributed by atoms with Crippen LogP contribution >= 0.6 is 0 Å². The number of aromatic amines is 1. The van der Waals surface area contributed by atoms with Gasteiger partial charge in [-0.3, -0.25) is 10.1 Å². The fourth-order valence-electron chi connectivity index (χ4n) is 3.07. The number of nitrogens with one attached hydrogen (secondary N) is 1. The summed E-state index contributed by atoms with van der Waals surface area (Å²) in [4.78, 5) is 4.48. The molecule has 124 valence electrons. The molecule has 7 heteroatoms. The second kappa shape index (κ2) is 6.41. The van der Waals surface area contributed by atoms with E-state index in [1.807, 2.05) is 25.3 Å². The zero-order valence-electron chi connectivity index (χ0n) is 13.5. The Balaban J connectivity index is 1.66. The van der Waals surface area contributed by atoms with E-state index in [2.05, 4.69) is 21.2 Å². The van der Waals surface area contributed by atoms with Gasteiger partial charge in [0.05, 0.1) is 11.9 Å². The minimum Gasteiger partial charge on any atom is -0.282 e. The number of H-pyrrole nitrogens is 1. The van der Waals surface area contributed by atoms with Crippen LogP contribution in [0.3, 0.4) is 0 Å². The first-order valence-electron chi connectivity index (χ1n) is 7.84. The van der Waals surface area contributed by atoms with Crippen molar-refractivity contribution in [1.29, 1.82) is 0 Å². The average molecular weight is 334 g/mol. The Kier molecular flexibility index (Phi) is 4.50. The third kappa shape index (κ3) is 3.97. The molecule has 23 heavy (non-hydrogen) atoms. The minimum atomic E-state index is -3.09. The Morgan fingerprint density at radius 2 is 2.17 bits per heavy atom. The molecule has 0 saturated carbocycles. The molecule has 3 rings (SSSR count). The molecule has 3 heterocycles. The summed E-state index contributed by atoms with van der Waals surface area (Å²) in [5.74, 6) is 0.360. The molecule has 0 bridgehead atoms. The van der Waals surface area contributed by atoms with E-state index >= 15 is 0 Å². The summed E-state index contributed by atoms with van der Waals surface area (Å²) in [6.07, 6.45) is 6.01. The van der Waals surface area contributed by atoms with Crippen LogP contribution < -0.4 is 0 Å². The number of pyridine rings is 1. The van der Waals surface area contributed by atoms with Crippen LogP contribution in [0.4, 0.5) is 0 Å². The minimum absolute atomic E-state index is 0.360. The number of piperidine rings is 1. The van der Waals surface area contributed by atoms with Gasteiger partial charge >= 0.3 is 0 Å². The SMILES string of the molecule is Cc1cc(-c2ccc(CC3CCCN(S(C)(=O)=O)C3)cn2)n[nH]1. The van der Waals surface area contributed by atoms with Gasteiger partial charge in [-0.05, 0) is 49.8 Å². The summed E-state index contributed by atoms with van der Waals surface area (Å²) in [7, 11) is -3.09. The second-order valence-electron chi connectivity index (χ2n) is 6.32. The lowest BCUT2D eigenvalue weighted by atomic mass is 9.93. The zero-order valence-corrected chi connectivity index (χ0v) is 14.3. The zero-order chi connectivity index (χ0) is 16.4. The van der Waals surface area contributed by atoms with Gasteiger partial charge < -0.3 is 0 Å². The van der Waals surface area contributed by atoms with Gasteiger partial charge in [0.1, 0.15) is 5.69 Å². The molecule has 1 aliphatic rings. The van der Waals surface area contributed by atoms with Crippen LogP contribution in [0.1, 0.15) is 24.1 Å². The predicted molar refractivity (Wildman–Crippen MR) is 89.4 cm³/mol. The lowest BCUT2D eigenvalue weighted by molar-refractivity contribution is 0.266. The van der Waals surface area contributed by atoms with Crippen molar-refractivity contribution in [2.24, 2.45) is 5.92 Å². The Morgan fingerprint density at radius 1 is 1.35 bits per heavy atom. The summed E-state index contributed by atoms with van der Waals surface area (Å²) in [6, 6.07) is 6.00. The molecule has 1 N–H and O–H groups in total. The molecule has 1 unspecified atom stereocenters. The lowest BCUT2D eigenvalue weighted by Crippen LogP contribution is -2.39. The number of rotatable bonds is 4. The Hall–Kier alpha value is -1.73. The van der Waals surface area contributed by atoms with E-state index in [0.29, 0.717) is 19.0 Å².